The molecule has 0 radical (unpaired) electrons. The second kappa shape index (κ2) is 3.53. The van der Waals surface area contributed by atoms with Crippen LogP contribution in [0.5, 0.6) is 0 Å². The first-order valence-electron chi connectivity index (χ1n) is 3.87. The highest BCUT2D eigenvalue weighted by molar-refractivity contribution is 9.10. The van der Waals surface area contributed by atoms with Crippen LogP contribution in [0.2, 0.25) is 0 Å². The van der Waals surface area contributed by atoms with Gasteiger partial charge >= 0.3 is 0 Å². The monoisotopic (exact) mass is 258 g/mol. The van der Waals surface area contributed by atoms with Gasteiger partial charge in [-0.2, -0.15) is 0 Å². The lowest BCUT2D eigenvalue weighted by molar-refractivity contribution is 0.561. The molecule has 0 atom stereocenters. The topological polar surface area (TPSA) is 13.1 Å². The predicted molar refractivity (Wildman–Crippen MR) is 51.8 cm³/mol. The molecule has 72 valence electrons. The highest BCUT2D eigenvalue weighted by Crippen LogP contribution is 2.27. The quantitative estimate of drug-likeness (QED) is 0.706. The van der Waals surface area contributed by atoms with Crippen molar-refractivity contribution in [3.05, 3.63) is 46.6 Å². The Balaban J connectivity index is 2.60. The van der Waals surface area contributed by atoms with E-state index < -0.39 is 11.6 Å². The minimum Gasteiger partial charge on any atom is -0.464 e. The largest absolute Gasteiger partial charge is 0.464 e. The minimum absolute atomic E-state index is 0.102. The Morgan fingerprint density at radius 2 is 1.93 bits per heavy atom. The first kappa shape index (κ1) is 9.40. The SMILES string of the molecule is Fc1cc(-c2ccco2)c(F)cc1Br. The molecule has 14 heavy (non-hydrogen) atoms. The summed E-state index contributed by atoms with van der Waals surface area (Å²) in [5.41, 5.74) is 0.121. The molecular weight excluding hydrogens is 254 g/mol. The van der Waals surface area contributed by atoms with Crippen molar-refractivity contribution < 1.29 is 13.2 Å². The smallest absolute Gasteiger partial charge is 0.138 e. The molecule has 0 aliphatic rings. The van der Waals surface area contributed by atoms with Gasteiger partial charge in [0.1, 0.15) is 17.4 Å². The highest BCUT2D eigenvalue weighted by atomic mass is 79.9. The third-order valence-corrected chi connectivity index (χ3v) is 2.40. The van der Waals surface area contributed by atoms with Gasteiger partial charge in [0.25, 0.3) is 0 Å². The Morgan fingerprint density at radius 3 is 2.57 bits per heavy atom. The van der Waals surface area contributed by atoms with Crippen LogP contribution in [-0.4, -0.2) is 0 Å². The van der Waals surface area contributed by atoms with Crippen LogP contribution in [0.1, 0.15) is 0 Å². The van der Waals surface area contributed by atoms with Crippen LogP contribution < -0.4 is 0 Å². The van der Waals surface area contributed by atoms with Gasteiger partial charge in [0.15, 0.2) is 0 Å². The highest BCUT2D eigenvalue weighted by Gasteiger charge is 2.11. The van der Waals surface area contributed by atoms with Gasteiger partial charge in [-0.15, -0.1) is 0 Å². The molecule has 4 heteroatoms. The van der Waals surface area contributed by atoms with E-state index in [4.69, 9.17) is 4.42 Å². The van der Waals surface area contributed by atoms with Crippen LogP contribution in [0.4, 0.5) is 8.78 Å². The molecule has 2 rings (SSSR count). The summed E-state index contributed by atoms with van der Waals surface area (Å²) in [6.45, 7) is 0. The van der Waals surface area contributed by atoms with E-state index in [0.29, 0.717) is 5.76 Å². The van der Waals surface area contributed by atoms with Crippen molar-refractivity contribution in [2.75, 3.05) is 0 Å². The Kier molecular flexibility index (Phi) is 2.37. The van der Waals surface area contributed by atoms with Gasteiger partial charge in [0, 0.05) is 0 Å². The summed E-state index contributed by atoms with van der Waals surface area (Å²) in [6.07, 6.45) is 1.41. The molecule has 1 aromatic carbocycles. The van der Waals surface area contributed by atoms with E-state index in [0.717, 1.165) is 12.1 Å². The van der Waals surface area contributed by atoms with Crippen LogP contribution in [0.3, 0.4) is 0 Å². The zero-order valence-corrected chi connectivity index (χ0v) is 8.51. The summed E-state index contributed by atoms with van der Waals surface area (Å²) in [7, 11) is 0. The Labute approximate surface area is 87.5 Å². The van der Waals surface area contributed by atoms with Crippen LogP contribution >= 0.6 is 15.9 Å². The molecule has 0 unspecified atom stereocenters. The number of benzene rings is 1. The number of halogens is 3. The Bertz CT molecular complexity index is 451. The summed E-state index contributed by atoms with van der Waals surface area (Å²) in [5.74, 6) is -0.722. The normalized spacial score (nSPS) is 10.5. The van der Waals surface area contributed by atoms with Crippen LogP contribution in [0.25, 0.3) is 11.3 Å². The van der Waals surface area contributed by atoms with Crippen molar-refractivity contribution in [1.29, 1.82) is 0 Å². The molecule has 0 N–H and O–H groups in total. The third-order valence-electron chi connectivity index (χ3n) is 1.80. The molecule has 0 aliphatic heterocycles. The second-order valence-electron chi connectivity index (χ2n) is 2.72. The minimum atomic E-state index is -0.520. The van der Waals surface area contributed by atoms with Crippen LogP contribution in [-0.2, 0) is 0 Å². The fourth-order valence-electron chi connectivity index (χ4n) is 1.14. The second-order valence-corrected chi connectivity index (χ2v) is 3.58. The van der Waals surface area contributed by atoms with Crippen molar-refractivity contribution in [2.45, 2.75) is 0 Å². The number of furan rings is 1. The molecule has 0 aliphatic carbocycles. The van der Waals surface area contributed by atoms with Gasteiger partial charge < -0.3 is 4.42 Å². The molecule has 1 heterocycles. The summed E-state index contributed by atoms with van der Waals surface area (Å²) in [6, 6.07) is 5.37. The van der Waals surface area contributed by atoms with Crippen molar-refractivity contribution in [3.8, 4) is 11.3 Å². The van der Waals surface area contributed by atoms with E-state index in [2.05, 4.69) is 15.9 Å². The van der Waals surface area contributed by atoms with Gasteiger partial charge in [-0.25, -0.2) is 8.78 Å². The Hall–Kier alpha value is -1.16. The maximum absolute atomic E-state index is 13.3. The summed E-state index contributed by atoms with van der Waals surface area (Å²) < 4.78 is 31.5. The zero-order valence-electron chi connectivity index (χ0n) is 6.93. The summed E-state index contributed by atoms with van der Waals surface area (Å²) in [5, 5.41) is 0. The number of hydrogen-bond donors (Lipinski definition) is 0. The molecule has 0 saturated carbocycles. The van der Waals surface area contributed by atoms with Crippen molar-refractivity contribution >= 4 is 15.9 Å². The molecular formula is C10H5BrF2O. The lowest BCUT2D eigenvalue weighted by Gasteiger charge is -2.01. The summed E-state index contributed by atoms with van der Waals surface area (Å²) >= 11 is 2.90. The van der Waals surface area contributed by atoms with E-state index in [9.17, 15) is 8.78 Å². The maximum Gasteiger partial charge on any atom is 0.138 e. The predicted octanol–water partition coefficient (Wildman–Crippen LogP) is 3.99. The van der Waals surface area contributed by atoms with Crippen molar-refractivity contribution in [1.82, 2.24) is 0 Å². The maximum atomic E-state index is 13.3. The molecule has 1 aromatic heterocycles. The van der Waals surface area contributed by atoms with Crippen LogP contribution in [0, 0.1) is 11.6 Å². The first-order valence-corrected chi connectivity index (χ1v) is 4.66. The molecule has 0 spiro atoms. The van der Waals surface area contributed by atoms with Gasteiger partial charge in [-0.3, -0.25) is 0 Å². The van der Waals surface area contributed by atoms with E-state index in [-0.39, 0.29) is 10.0 Å². The fourth-order valence-corrected chi connectivity index (χ4v) is 1.46. The first-order chi connectivity index (χ1) is 6.68. The molecule has 0 bridgehead atoms. The fraction of sp³-hybridized carbons (Fsp3) is 0. The van der Waals surface area contributed by atoms with E-state index >= 15 is 0 Å². The van der Waals surface area contributed by atoms with Crippen LogP contribution in [0.15, 0.2) is 39.4 Å². The zero-order chi connectivity index (χ0) is 10.1. The van der Waals surface area contributed by atoms with Gasteiger partial charge in [0.2, 0.25) is 0 Å². The van der Waals surface area contributed by atoms with Crippen molar-refractivity contribution in [2.24, 2.45) is 0 Å². The molecule has 0 amide bonds. The molecule has 0 saturated heterocycles. The van der Waals surface area contributed by atoms with Gasteiger partial charge in [0.05, 0.1) is 16.3 Å². The van der Waals surface area contributed by atoms with Gasteiger partial charge in [-0.1, -0.05) is 0 Å². The Morgan fingerprint density at radius 1 is 1.14 bits per heavy atom. The lowest BCUT2D eigenvalue weighted by Crippen LogP contribution is -1.86. The van der Waals surface area contributed by atoms with E-state index in [1.54, 1.807) is 12.1 Å². The van der Waals surface area contributed by atoms with E-state index in [1.165, 1.54) is 6.26 Å². The molecule has 1 nitrogen and oxygen atoms in total. The standard InChI is InChI=1S/C10H5BrF2O/c11-7-5-8(12)6(4-9(7)13)10-2-1-3-14-10/h1-5H. The van der Waals surface area contributed by atoms with Crippen molar-refractivity contribution in [3.63, 3.8) is 0 Å². The third kappa shape index (κ3) is 1.57. The lowest BCUT2D eigenvalue weighted by atomic mass is 10.1. The van der Waals surface area contributed by atoms with Gasteiger partial charge in [-0.05, 0) is 40.2 Å². The average molecular weight is 259 g/mol. The molecule has 0 fully saturated rings. The average Bonchev–Trinajstić information content (AvgIpc) is 2.64. The number of rotatable bonds is 1. The molecule has 2 aromatic rings. The number of hydrogen-bond acceptors (Lipinski definition) is 1. The van der Waals surface area contributed by atoms with E-state index in [1.807, 2.05) is 0 Å². The summed E-state index contributed by atoms with van der Waals surface area (Å²) in [4.78, 5) is 0.